The van der Waals surface area contributed by atoms with Crippen LogP contribution in [0.2, 0.25) is 0 Å². The van der Waals surface area contributed by atoms with Gasteiger partial charge in [-0.3, -0.25) is 0 Å². The average Bonchev–Trinajstić information content (AvgIpc) is 2.22. The molecule has 0 unspecified atom stereocenters. The first kappa shape index (κ1) is 11.1. The number of anilines is 2. The normalized spacial score (nSPS) is 10.2. The molecule has 0 aliphatic carbocycles. The Labute approximate surface area is 103 Å². The summed E-state index contributed by atoms with van der Waals surface area (Å²) in [6, 6.07) is 8.12. The number of aryl methyl sites for hydroxylation is 2. The highest BCUT2D eigenvalue weighted by Crippen LogP contribution is 2.21. The maximum Gasteiger partial charge on any atom is 0.134 e. The van der Waals surface area contributed by atoms with E-state index in [4.69, 9.17) is 0 Å². The third-order valence-corrected chi connectivity index (χ3v) is 2.71. The van der Waals surface area contributed by atoms with Crippen molar-refractivity contribution in [2.24, 2.45) is 0 Å². The molecule has 1 heterocycles. The lowest BCUT2D eigenvalue weighted by Crippen LogP contribution is -1.96. The van der Waals surface area contributed by atoms with Crippen molar-refractivity contribution in [1.82, 2.24) is 9.97 Å². The summed E-state index contributed by atoms with van der Waals surface area (Å²) in [4.78, 5) is 8.13. The van der Waals surface area contributed by atoms with Gasteiger partial charge in [0.05, 0.1) is 0 Å². The molecular formula is C12H12BrN3. The summed E-state index contributed by atoms with van der Waals surface area (Å²) in [5.74, 6) is 0.786. The van der Waals surface area contributed by atoms with Crippen molar-refractivity contribution in [3.63, 3.8) is 0 Å². The molecule has 82 valence electrons. The molecule has 3 nitrogen and oxygen atoms in total. The van der Waals surface area contributed by atoms with Crippen molar-refractivity contribution in [2.45, 2.75) is 13.8 Å². The van der Waals surface area contributed by atoms with Gasteiger partial charge in [0.15, 0.2) is 0 Å². The van der Waals surface area contributed by atoms with Crippen LogP contribution in [0.1, 0.15) is 11.1 Å². The van der Waals surface area contributed by atoms with Crippen molar-refractivity contribution >= 4 is 27.4 Å². The third-order valence-electron chi connectivity index (χ3n) is 2.28. The zero-order valence-corrected chi connectivity index (χ0v) is 10.7. The van der Waals surface area contributed by atoms with Gasteiger partial charge in [0.2, 0.25) is 0 Å². The molecule has 0 aliphatic rings. The van der Waals surface area contributed by atoms with E-state index in [0.717, 1.165) is 16.1 Å². The Morgan fingerprint density at radius 1 is 1.12 bits per heavy atom. The van der Waals surface area contributed by atoms with Gasteiger partial charge in [-0.05, 0) is 41.4 Å². The zero-order chi connectivity index (χ0) is 11.5. The van der Waals surface area contributed by atoms with E-state index in [2.05, 4.69) is 63.3 Å². The number of rotatable bonds is 2. The van der Waals surface area contributed by atoms with E-state index >= 15 is 0 Å². The van der Waals surface area contributed by atoms with Crippen molar-refractivity contribution in [2.75, 3.05) is 5.32 Å². The Hall–Kier alpha value is -1.42. The Morgan fingerprint density at radius 3 is 2.62 bits per heavy atom. The van der Waals surface area contributed by atoms with E-state index in [1.807, 2.05) is 6.07 Å². The van der Waals surface area contributed by atoms with Crippen LogP contribution in [0.5, 0.6) is 0 Å². The fraction of sp³-hybridized carbons (Fsp3) is 0.167. The lowest BCUT2D eigenvalue weighted by Gasteiger charge is -2.09. The summed E-state index contributed by atoms with van der Waals surface area (Å²) in [5.41, 5.74) is 3.53. The van der Waals surface area contributed by atoms with E-state index < -0.39 is 0 Å². The molecule has 0 radical (unpaired) electrons. The van der Waals surface area contributed by atoms with Crippen LogP contribution < -0.4 is 5.32 Å². The van der Waals surface area contributed by atoms with Crippen LogP contribution in [-0.2, 0) is 0 Å². The van der Waals surface area contributed by atoms with Gasteiger partial charge in [-0.15, -0.1) is 0 Å². The van der Waals surface area contributed by atoms with Gasteiger partial charge in [-0.1, -0.05) is 17.7 Å². The van der Waals surface area contributed by atoms with E-state index in [1.165, 1.54) is 17.5 Å². The van der Waals surface area contributed by atoms with Gasteiger partial charge >= 0.3 is 0 Å². The average molecular weight is 278 g/mol. The van der Waals surface area contributed by atoms with Crippen molar-refractivity contribution in [3.8, 4) is 0 Å². The number of hydrogen-bond acceptors (Lipinski definition) is 3. The second-order valence-corrected chi connectivity index (χ2v) is 4.48. The van der Waals surface area contributed by atoms with Crippen LogP contribution in [0.15, 0.2) is 35.2 Å². The van der Waals surface area contributed by atoms with E-state index in [0.29, 0.717) is 0 Å². The summed E-state index contributed by atoms with van der Waals surface area (Å²) >= 11 is 3.31. The standard InChI is InChI=1S/C12H12BrN3/c1-8-3-4-10(9(2)5-8)16-12-6-11(13)14-7-15-12/h3-7H,1-2H3,(H,14,15,16). The van der Waals surface area contributed by atoms with Crippen LogP contribution in [0, 0.1) is 13.8 Å². The second-order valence-electron chi connectivity index (χ2n) is 3.67. The first-order valence-corrected chi connectivity index (χ1v) is 5.76. The van der Waals surface area contributed by atoms with Crippen molar-refractivity contribution in [3.05, 3.63) is 46.3 Å². The summed E-state index contributed by atoms with van der Waals surface area (Å²) in [5, 5.41) is 3.26. The highest BCUT2D eigenvalue weighted by atomic mass is 79.9. The molecule has 0 amide bonds. The Morgan fingerprint density at radius 2 is 1.94 bits per heavy atom. The van der Waals surface area contributed by atoms with Gasteiger partial charge in [-0.25, -0.2) is 9.97 Å². The van der Waals surface area contributed by atoms with E-state index in [1.54, 1.807) is 0 Å². The largest absolute Gasteiger partial charge is 0.340 e. The van der Waals surface area contributed by atoms with Gasteiger partial charge in [-0.2, -0.15) is 0 Å². The number of aromatic nitrogens is 2. The molecule has 16 heavy (non-hydrogen) atoms. The molecule has 0 fully saturated rings. The maximum absolute atomic E-state index is 4.15. The molecular weight excluding hydrogens is 266 g/mol. The van der Waals surface area contributed by atoms with Gasteiger partial charge in [0, 0.05) is 11.8 Å². The Kier molecular flexibility index (Phi) is 3.19. The summed E-state index contributed by atoms with van der Waals surface area (Å²) in [6.07, 6.45) is 1.52. The lowest BCUT2D eigenvalue weighted by atomic mass is 10.1. The minimum Gasteiger partial charge on any atom is -0.340 e. The Balaban J connectivity index is 2.27. The molecule has 2 aromatic rings. The number of nitrogens with zero attached hydrogens (tertiary/aromatic N) is 2. The lowest BCUT2D eigenvalue weighted by molar-refractivity contribution is 1.14. The second kappa shape index (κ2) is 4.61. The van der Waals surface area contributed by atoms with Crippen molar-refractivity contribution < 1.29 is 0 Å². The highest BCUT2D eigenvalue weighted by Gasteiger charge is 2.00. The molecule has 0 atom stereocenters. The molecule has 0 bridgehead atoms. The smallest absolute Gasteiger partial charge is 0.134 e. The molecule has 1 aromatic carbocycles. The number of benzene rings is 1. The highest BCUT2D eigenvalue weighted by molar-refractivity contribution is 9.10. The number of nitrogens with one attached hydrogen (secondary N) is 1. The maximum atomic E-state index is 4.15. The molecule has 0 aliphatic heterocycles. The third kappa shape index (κ3) is 2.58. The fourth-order valence-electron chi connectivity index (χ4n) is 1.49. The number of halogens is 1. The fourth-order valence-corrected chi connectivity index (χ4v) is 1.80. The molecule has 1 aromatic heterocycles. The SMILES string of the molecule is Cc1ccc(Nc2cc(Br)ncn2)c(C)c1. The first-order chi connectivity index (χ1) is 7.65. The summed E-state index contributed by atoms with van der Waals surface area (Å²) in [6.45, 7) is 4.16. The van der Waals surface area contributed by atoms with Gasteiger partial charge in [0.25, 0.3) is 0 Å². The molecule has 0 spiro atoms. The van der Waals surface area contributed by atoms with Gasteiger partial charge in [0.1, 0.15) is 16.7 Å². The first-order valence-electron chi connectivity index (χ1n) is 4.97. The predicted molar refractivity (Wildman–Crippen MR) is 68.9 cm³/mol. The van der Waals surface area contributed by atoms with Crippen LogP contribution >= 0.6 is 15.9 Å². The quantitative estimate of drug-likeness (QED) is 0.853. The molecule has 0 saturated heterocycles. The molecule has 1 N–H and O–H groups in total. The summed E-state index contributed by atoms with van der Waals surface area (Å²) < 4.78 is 0.773. The van der Waals surface area contributed by atoms with Crippen LogP contribution in [0.25, 0.3) is 0 Å². The predicted octanol–water partition coefficient (Wildman–Crippen LogP) is 3.60. The minimum atomic E-state index is 0.773. The van der Waals surface area contributed by atoms with E-state index in [9.17, 15) is 0 Å². The van der Waals surface area contributed by atoms with Crippen LogP contribution in [-0.4, -0.2) is 9.97 Å². The zero-order valence-electron chi connectivity index (χ0n) is 9.16. The van der Waals surface area contributed by atoms with Crippen LogP contribution in [0.3, 0.4) is 0 Å². The number of hydrogen-bond donors (Lipinski definition) is 1. The molecule has 0 saturated carbocycles. The topological polar surface area (TPSA) is 37.8 Å². The molecule has 2 rings (SSSR count). The Bertz CT molecular complexity index is 511. The van der Waals surface area contributed by atoms with Gasteiger partial charge < -0.3 is 5.32 Å². The monoisotopic (exact) mass is 277 g/mol. The van der Waals surface area contributed by atoms with E-state index in [-0.39, 0.29) is 0 Å². The van der Waals surface area contributed by atoms with Crippen molar-refractivity contribution in [1.29, 1.82) is 0 Å². The minimum absolute atomic E-state index is 0.773. The summed E-state index contributed by atoms with van der Waals surface area (Å²) in [7, 11) is 0. The molecule has 4 heteroatoms. The van der Waals surface area contributed by atoms with Crippen LogP contribution in [0.4, 0.5) is 11.5 Å².